The predicted octanol–water partition coefficient (Wildman–Crippen LogP) is 0.198. The highest BCUT2D eigenvalue weighted by atomic mass is 32.1. The van der Waals surface area contributed by atoms with Crippen LogP contribution in [-0.4, -0.2) is 85.4 Å². The number of nitrogens with zero attached hydrogens (tertiary/aromatic N) is 3. The fourth-order valence-electron chi connectivity index (χ4n) is 3.28. The Morgan fingerprint density at radius 2 is 2.17 bits per heavy atom. The van der Waals surface area contributed by atoms with E-state index in [0.717, 1.165) is 38.0 Å². The number of aliphatic hydroxyl groups excluding tert-OH is 1. The van der Waals surface area contributed by atoms with Gasteiger partial charge in [-0.25, -0.2) is 4.98 Å². The molecule has 23 heavy (non-hydrogen) atoms. The molecule has 3 rings (SSSR count). The quantitative estimate of drug-likeness (QED) is 0.797. The third-order valence-electron chi connectivity index (χ3n) is 4.63. The number of hydrogen-bond donors (Lipinski definition) is 2. The van der Waals surface area contributed by atoms with E-state index in [2.05, 4.69) is 15.2 Å². The number of thiazole rings is 1. The van der Waals surface area contributed by atoms with E-state index in [0.29, 0.717) is 24.7 Å². The number of hydrogen-bond acceptors (Lipinski definition) is 7. The standard InChI is InChI=1S/C15H24N4O3S/c1-16-15-17-13(10-23-15)14(21)19-7-11(12(8-19)9-20)6-18-2-4-22-5-3-18/h10-12,20H,2-9H2,1H3,(H,16,17)/t11-,12-/m1/s1. The molecule has 0 aliphatic carbocycles. The Morgan fingerprint density at radius 1 is 1.43 bits per heavy atom. The third kappa shape index (κ3) is 3.82. The summed E-state index contributed by atoms with van der Waals surface area (Å²) in [5.41, 5.74) is 0.489. The van der Waals surface area contributed by atoms with Crippen LogP contribution in [0.4, 0.5) is 5.13 Å². The first kappa shape index (κ1) is 16.6. The maximum Gasteiger partial charge on any atom is 0.273 e. The number of aliphatic hydroxyl groups is 1. The van der Waals surface area contributed by atoms with E-state index in [9.17, 15) is 9.90 Å². The molecule has 0 saturated carbocycles. The van der Waals surface area contributed by atoms with Gasteiger partial charge in [0.15, 0.2) is 5.13 Å². The second-order valence-corrected chi connectivity index (χ2v) is 6.97. The van der Waals surface area contributed by atoms with Gasteiger partial charge in [-0.15, -0.1) is 11.3 Å². The summed E-state index contributed by atoms with van der Waals surface area (Å²) in [5.74, 6) is 0.416. The average molecular weight is 340 g/mol. The Bertz CT molecular complexity index is 533. The number of carbonyl (C=O) groups excluding carboxylic acids is 1. The van der Waals surface area contributed by atoms with E-state index in [-0.39, 0.29) is 18.4 Å². The first-order valence-corrected chi connectivity index (χ1v) is 8.92. The van der Waals surface area contributed by atoms with E-state index in [1.807, 2.05) is 4.90 Å². The second kappa shape index (κ2) is 7.57. The highest BCUT2D eigenvalue weighted by Crippen LogP contribution is 2.26. The molecule has 1 aromatic heterocycles. The fraction of sp³-hybridized carbons (Fsp3) is 0.733. The number of likely N-dealkylation sites (tertiary alicyclic amines) is 1. The molecule has 1 amide bonds. The molecule has 2 aliphatic heterocycles. The lowest BCUT2D eigenvalue weighted by atomic mass is 9.96. The Kier molecular flexibility index (Phi) is 5.47. The molecule has 128 valence electrons. The molecule has 2 fully saturated rings. The Morgan fingerprint density at radius 3 is 2.83 bits per heavy atom. The van der Waals surface area contributed by atoms with Crippen molar-refractivity contribution in [3.05, 3.63) is 11.1 Å². The normalized spacial score (nSPS) is 25.7. The van der Waals surface area contributed by atoms with Crippen LogP contribution in [0.25, 0.3) is 0 Å². The lowest BCUT2D eigenvalue weighted by Gasteiger charge is -2.30. The van der Waals surface area contributed by atoms with E-state index < -0.39 is 0 Å². The van der Waals surface area contributed by atoms with Crippen molar-refractivity contribution in [3.63, 3.8) is 0 Å². The molecule has 2 N–H and O–H groups in total. The molecule has 0 bridgehead atoms. The third-order valence-corrected chi connectivity index (χ3v) is 5.49. The number of amides is 1. The number of nitrogens with one attached hydrogen (secondary N) is 1. The SMILES string of the molecule is CNc1nc(C(=O)N2C[C@@H](CN3CCOCC3)[C@@H](CO)C2)cs1. The maximum atomic E-state index is 12.6. The van der Waals surface area contributed by atoms with Gasteiger partial charge in [-0.3, -0.25) is 9.69 Å². The number of carbonyl (C=O) groups is 1. The van der Waals surface area contributed by atoms with Crippen molar-refractivity contribution in [1.82, 2.24) is 14.8 Å². The molecular weight excluding hydrogens is 316 g/mol. The van der Waals surface area contributed by atoms with E-state index in [4.69, 9.17) is 4.74 Å². The van der Waals surface area contributed by atoms with Gasteiger partial charge < -0.3 is 20.1 Å². The van der Waals surface area contributed by atoms with Crippen molar-refractivity contribution < 1.29 is 14.6 Å². The van der Waals surface area contributed by atoms with Gasteiger partial charge in [-0.1, -0.05) is 0 Å². The Balaban J connectivity index is 1.62. The van der Waals surface area contributed by atoms with Crippen molar-refractivity contribution in [2.45, 2.75) is 0 Å². The van der Waals surface area contributed by atoms with Crippen LogP contribution in [0.1, 0.15) is 10.5 Å². The highest BCUT2D eigenvalue weighted by Gasteiger charge is 2.36. The molecule has 0 radical (unpaired) electrons. The van der Waals surface area contributed by atoms with Crippen LogP contribution in [0.3, 0.4) is 0 Å². The van der Waals surface area contributed by atoms with Crippen molar-refractivity contribution in [2.75, 3.05) is 64.9 Å². The van der Waals surface area contributed by atoms with Gasteiger partial charge in [-0.05, 0) is 5.92 Å². The number of rotatable bonds is 5. The van der Waals surface area contributed by atoms with Crippen LogP contribution in [0.15, 0.2) is 5.38 Å². The number of ether oxygens (including phenoxy) is 1. The lowest BCUT2D eigenvalue weighted by Crippen LogP contribution is -2.41. The van der Waals surface area contributed by atoms with E-state index in [1.165, 1.54) is 11.3 Å². The van der Waals surface area contributed by atoms with Crippen molar-refractivity contribution in [1.29, 1.82) is 0 Å². The van der Waals surface area contributed by atoms with Crippen molar-refractivity contribution in [2.24, 2.45) is 11.8 Å². The first-order chi connectivity index (χ1) is 11.2. The lowest BCUT2D eigenvalue weighted by molar-refractivity contribution is 0.0264. The summed E-state index contributed by atoms with van der Waals surface area (Å²) >= 11 is 1.43. The van der Waals surface area contributed by atoms with Gasteiger partial charge in [0.1, 0.15) is 5.69 Å². The highest BCUT2D eigenvalue weighted by molar-refractivity contribution is 7.13. The van der Waals surface area contributed by atoms with Gasteiger partial charge in [0.2, 0.25) is 0 Å². The predicted molar refractivity (Wildman–Crippen MR) is 88.9 cm³/mol. The summed E-state index contributed by atoms with van der Waals surface area (Å²) in [5, 5.41) is 15.2. The summed E-state index contributed by atoms with van der Waals surface area (Å²) in [6, 6.07) is 0. The second-order valence-electron chi connectivity index (χ2n) is 6.11. The van der Waals surface area contributed by atoms with E-state index in [1.54, 1.807) is 12.4 Å². The number of anilines is 1. The van der Waals surface area contributed by atoms with Crippen LogP contribution in [0, 0.1) is 11.8 Å². The summed E-state index contributed by atoms with van der Waals surface area (Å²) in [6.07, 6.45) is 0. The summed E-state index contributed by atoms with van der Waals surface area (Å²) < 4.78 is 5.38. The van der Waals surface area contributed by atoms with Crippen molar-refractivity contribution >= 4 is 22.4 Å². The van der Waals surface area contributed by atoms with Gasteiger partial charge >= 0.3 is 0 Å². The topological polar surface area (TPSA) is 77.9 Å². The van der Waals surface area contributed by atoms with Crippen molar-refractivity contribution in [3.8, 4) is 0 Å². The molecule has 0 unspecified atom stereocenters. The molecule has 0 aromatic carbocycles. The molecular formula is C15H24N4O3S. The van der Waals surface area contributed by atoms with Crippen LogP contribution in [-0.2, 0) is 4.74 Å². The molecule has 1 aromatic rings. The molecule has 8 heteroatoms. The fourth-order valence-corrected chi connectivity index (χ4v) is 3.93. The van der Waals surface area contributed by atoms with Gasteiger partial charge in [0.25, 0.3) is 5.91 Å². The Labute approximate surface area is 140 Å². The molecule has 3 heterocycles. The average Bonchev–Trinajstić information content (AvgIpc) is 3.22. The number of aromatic nitrogens is 1. The van der Waals surface area contributed by atoms with Gasteiger partial charge in [0.05, 0.1) is 13.2 Å². The zero-order valence-corrected chi connectivity index (χ0v) is 14.2. The van der Waals surface area contributed by atoms with Crippen LogP contribution >= 0.6 is 11.3 Å². The molecule has 2 saturated heterocycles. The smallest absolute Gasteiger partial charge is 0.273 e. The van der Waals surface area contributed by atoms with Crippen LogP contribution in [0.5, 0.6) is 0 Å². The zero-order chi connectivity index (χ0) is 16.2. The summed E-state index contributed by atoms with van der Waals surface area (Å²) in [6.45, 7) is 5.73. The molecule has 2 aliphatic rings. The molecule has 7 nitrogen and oxygen atoms in total. The zero-order valence-electron chi connectivity index (χ0n) is 13.4. The first-order valence-electron chi connectivity index (χ1n) is 8.04. The molecule has 2 atom stereocenters. The van der Waals surface area contributed by atoms with Crippen LogP contribution in [0.2, 0.25) is 0 Å². The van der Waals surface area contributed by atoms with E-state index >= 15 is 0 Å². The minimum absolute atomic E-state index is 0.0364. The minimum atomic E-state index is -0.0364. The maximum absolute atomic E-state index is 12.6. The van der Waals surface area contributed by atoms with Crippen LogP contribution < -0.4 is 5.32 Å². The Hall–Kier alpha value is -1.22. The summed E-state index contributed by atoms with van der Waals surface area (Å²) in [4.78, 5) is 21.1. The molecule has 0 spiro atoms. The largest absolute Gasteiger partial charge is 0.396 e. The summed E-state index contributed by atoms with van der Waals surface area (Å²) in [7, 11) is 1.79. The van der Waals surface area contributed by atoms with Gasteiger partial charge in [-0.2, -0.15) is 0 Å². The monoisotopic (exact) mass is 340 g/mol. The number of morpholine rings is 1. The van der Waals surface area contributed by atoms with Gasteiger partial charge in [0, 0.05) is 57.7 Å². The minimum Gasteiger partial charge on any atom is -0.396 e.